The molecule has 0 aliphatic carbocycles. The van der Waals surface area contributed by atoms with Gasteiger partial charge < -0.3 is 10.0 Å². The summed E-state index contributed by atoms with van der Waals surface area (Å²) in [4.78, 5) is 26.0. The van der Waals surface area contributed by atoms with E-state index in [1.54, 1.807) is 16.2 Å². The van der Waals surface area contributed by atoms with Crippen molar-refractivity contribution in [3.63, 3.8) is 0 Å². The topological polar surface area (TPSA) is 60.9 Å². The van der Waals surface area contributed by atoms with Crippen LogP contribution in [0.5, 0.6) is 0 Å². The van der Waals surface area contributed by atoms with E-state index in [1.165, 1.54) is 5.56 Å². The summed E-state index contributed by atoms with van der Waals surface area (Å²) in [6.07, 6.45) is -0.398. The van der Waals surface area contributed by atoms with Crippen molar-refractivity contribution in [2.24, 2.45) is 0 Å². The van der Waals surface area contributed by atoms with Crippen LogP contribution in [0.15, 0.2) is 16.8 Å². The van der Waals surface area contributed by atoms with E-state index in [9.17, 15) is 9.59 Å². The van der Waals surface area contributed by atoms with E-state index in [2.05, 4.69) is 21.7 Å². The van der Waals surface area contributed by atoms with Gasteiger partial charge in [0, 0.05) is 32.7 Å². The highest BCUT2D eigenvalue weighted by Gasteiger charge is 2.22. The number of rotatable bonds is 4. The molecule has 18 heavy (non-hydrogen) atoms. The number of piperazine rings is 1. The number of carbonyl (C=O) groups is 2. The van der Waals surface area contributed by atoms with Gasteiger partial charge in [-0.3, -0.25) is 14.5 Å². The Morgan fingerprint density at radius 1 is 1.28 bits per heavy atom. The zero-order chi connectivity index (χ0) is 13.0. The van der Waals surface area contributed by atoms with Gasteiger partial charge in [0.1, 0.15) is 6.42 Å². The molecule has 1 aliphatic rings. The number of carboxylic acid groups (broad SMARTS) is 1. The van der Waals surface area contributed by atoms with Gasteiger partial charge in [-0.15, -0.1) is 0 Å². The molecule has 2 heterocycles. The first-order valence-corrected chi connectivity index (χ1v) is 6.82. The maximum atomic E-state index is 11.6. The molecular formula is C12H16N2O3S. The fourth-order valence-electron chi connectivity index (χ4n) is 2.04. The lowest BCUT2D eigenvalue weighted by molar-refractivity contribution is -0.145. The van der Waals surface area contributed by atoms with E-state index in [4.69, 9.17) is 5.11 Å². The molecule has 2 rings (SSSR count). The van der Waals surface area contributed by atoms with Crippen LogP contribution in [0.3, 0.4) is 0 Å². The smallest absolute Gasteiger partial charge is 0.312 e. The summed E-state index contributed by atoms with van der Waals surface area (Å²) in [5.41, 5.74) is 1.30. The summed E-state index contributed by atoms with van der Waals surface area (Å²) in [6.45, 7) is 3.76. The van der Waals surface area contributed by atoms with Gasteiger partial charge in [0.25, 0.3) is 0 Å². The molecule has 1 aromatic rings. The van der Waals surface area contributed by atoms with E-state index < -0.39 is 12.4 Å². The molecule has 5 nitrogen and oxygen atoms in total. The summed E-state index contributed by atoms with van der Waals surface area (Å²) >= 11 is 1.68. The lowest BCUT2D eigenvalue weighted by Gasteiger charge is -2.34. The van der Waals surface area contributed by atoms with Crippen molar-refractivity contribution >= 4 is 23.2 Å². The van der Waals surface area contributed by atoms with Gasteiger partial charge >= 0.3 is 5.97 Å². The van der Waals surface area contributed by atoms with Crippen LogP contribution >= 0.6 is 11.3 Å². The van der Waals surface area contributed by atoms with Crippen LogP contribution in [-0.4, -0.2) is 53.0 Å². The maximum Gasteiger partial charge on any atom is 0.312 e. The zero-order valence-corrected chi connectivity index (χ0v) is 10.9. The van der Waals surface area contributed by atoms with Crippen molar-refractivity contribution in [3.8, 4) is 0 Å². The van der Waals surface area contributed by atoms with Crippen LogP contribution in [0, 0.1) is 0 Å². The van der Waals surface area contributed by atoms with Crippen LogP contribution in [0.1, 0.15) is 12.0 Å². The largest absolute Gasteiger partial charge is 0.481 e. The Morgan fingerprint density at radius 2 is 2.00 bits per heavy atom. The van der Waals surface area contributed by atoms with Crippen LogP contribution in [0.4, 0.5) is 0 Å². The Bertz CT molecular complexity index is 411. The third-order valence-electron chi connectivity index (χ3n) is 3.01. The second kappa shape index (κ2) is 5.97. The third kappa shape index (κ3) is 3.54. The highest BCUT2D eigenvalue weighted by Crippen LogP contribution is 2.12. The normalized spacial score (nSPS) is 16.8. The van der Waals surface area contributed by atoms with E-state index in [0.29, 0.717) is 13.1 Å². The molecule has 0 aromatic carbocycles. The Labute approximate surface area is 110 Å². The number of carboxylic acids is 1. The summed E-state index contributed by atoms with van der Waals surface area (Å²) in [5.74, 6) is -1.33. The van der Waals surface area contributed by atoms with Gasteiger partial charge in [-0.2, -0.15) is 11.3 Å². The minimum atomic E-state index is -1.05. The van der Waals surface area contributed by atoms with Crippen molar-refractivity contribution in [2.75, 3.05) is 26.2 Å². The first kappa shape index (κ1) is 13.0. The molecule has 1 saturated heterocycles. The Kier molecular flexibility index (Phi) is 4.33. The van der Waals surface area contributed by atoms with E-state index >= 15 is 0 Å². The van der Waals surface area contributed by atoms with Gasteiger partial charge in [0.2, 0.25) is 5.91 Å². The van der Waals surface area contributed by atoms with Gasteiger partial charge in [0.15, 0.2) is 0 Å². The monoisotopic (exact) mass is 268 g/mol. The average Bonchev–Trinajstić information content (AvgIpc) is 2.82. The lowest BCUT2D eigenvalue weighted by Crippen LogP contribution is -2.48. The summed E-state index contributed by atoms with van der Waals surface area (Å²) < 4.78 is 0. The molecule has 1 aliphatic heterocycles. The summed E-state index contributed by atoms with van der Waals surface area (Å²) in [5, 5.41) is 12.8. The number of hydrogen-bond donors (Lipinski definition) is 1. The first-order chi connectivity index (χ1) is 8.65. The minimum Gasteiger partial charge on any atom is -0.481 e. The zero-order valence-electron chi connectivity index (χ0n) is 10.0. The Balaban J connectivity index is 1.77. The molecule has 98 valence electrons. The highest BCUT2D eigenvalue weighted by molar-refractivity contribution is 7.07. The van der Waals surface area contributed by atoms with Crippen molar-refractivity contribution in [1.29, 1.82) is 0 Å². The lowest BCUT2D eigenvalue weighted by atomic mass is 10.2. The molecule has 0 bridgehead atoms. The molecule has 6 heteroatoms. The number of nitrogens with zero attached hydrogens (tertiary/aromatic N) is 2. The number of thiophene rings is 1. The second-order valence-electron chi connectivity index (χ2n) is 4.36. The van der Waals surface area contributed by atoms with Crippen molar-refractivity contribution in [2.45, 2.75) is 13.0 Å². The van der Waals surface area contributed by atoms with Gasteiger partial charge in [-0.25, -0.2) is 0 Å². The number of amides is 1. The minimum absolute atomic E-state index is 0.280. The van der Waals surface area contributed by atoms with Gasteiger partial charge in [0.05, 0.1) is 0 Å². The molecule has 1 aromatic heterocycles. The Morgan fingerprint density at radius 3 is 2.56 bits per heavy atom. The summed E-state index contributed by atoms with van der Waals surface area (Å²) in [6, 6.07) is 2.10. The quantitative estimate of drug-likeness (QED) is 0.823. The van der Waals surface area contributed by atoms with Crippen LogP contribution < -0.4 is 0 Å². The fraction of sp³-hybridized carbons (Fsp3) is 0.500. The molecular weight excluding hydrogens is 252 g/mol. The SMILES string of the molecule is O=C(O)CC(=O)N1CCN(Cc2ccsc2)CC1. The van der Waals surface area contributed by atoms with Gasteiger partial charge in [-0.1, -0.05) is 0 Å². The number of carbonyl (C=O) groups excluding carboxylic acids is 1. The molecule has 0 spiro atoms. The predicted octanol–water partition coefficient (Wildman–Crippen LogP) is 0.867. The second-order valence-corrected chi connectivity index (χ2v) is 5.14. The Hall–Kier alpha value is -1.40. The molecule has 0 atom stereocenters. The molecule has 1 N–H and O–H groups in total. The van der Waals surface area contributed by atoms with Crippen LogP contribution in [0.25, 0.3) is 0 Å². The summed E-state index contributed by atoms with van der Waals surface area (Å²) in [7, 11) is 0. The van der Waals surface area contributed by atoms with Crippen molar-refractivity contribution in [3.05, 3.63) is 22.4 Å². The van der Waals surface area contributed by atoms with Crippen molar-refractivity contribution < 1.29 is 14.7 Å². The first-order valence-electron chi connectivity index (χ1n) is 5.88. The predicted molar refractivity (Wildman–Crippen MR) is 68.4 cm³/mol. The fourth-order valence-corrected chi connectivity index (χ4v) is 2.70. The molecule has 0 radical (unpaired) electrons. The number of aliphatic carboxylic acids is 1. The molecule has 1 amide bonds. The highest BCUT2D eigenvalue weighted by atomic mass is 32.1. The average molecular weight is 268 g/mol. The van der Waals surface area contributed by atoms with E-state index in [-0.39, 0.29) is 5.91 Å². The maximum absolute atomic E-state index is 11.6. The molecule has 1 fully saturated rings. The third-order valence-corrected chi connectivity index (χ3v) is 3.75. The van der Waals surface area contributed by atoms with Crippen molar-refractivity contribution in [1.82, 2.24) is 9.80 Å². The van der Waals surface area contributed by atoms with E-state index in [0.717, 1.165) is 19.6 Å². The molecule has 0 unspecified atom stereocenters. The standard InChI is InChI=1S/C12H16N2O3S/c15-11(7-12(16)17)14-4-2-13(3-5-14)8-10-1-6-18-9-10/h1,6,9H,2-5,7-8H2,(H,16,17). The number of hydrogen-bond acceptors (Lipinski definition) is 4. The van der Waals surface area contributed by atoms with Crippen LogP contribution in [0.2, 0.25) is 0 Å². The van der Waals surface area contributed by atoms with E-state index in [1.807, 2.05) is 0 Å². The molecule has 0 saturated carbocycles. The van der Waals surface area contributed by atoms with Crippen LogP contribution in [-0.2, 0) is 16.1 Å². The van der Waals surface area contributed by atoms with Gasteiger partial charge in [-0.05, 0) is 22.4 Å².